The number of ether oxygens (including phenoxy) is 1. The highest BCUT2D eigenvalue weighted by Crippen LogP contribution is 2.19. The number of aliphatic carboxylic acids is 1. The Labute approximate surface area is 134 Å². The van der Waals surface area contributed by atoms with Gasteiger partial charge < -0.3 is 15.2 Å². The highest BCUT2D eigenvalue weighted by atomic mass is 19.1. The minimum absolute atomic E-state index is 0.140. The topological polar surface area (TPSA) is 75.6 Å². The quantitative estimate of drug-likeness (QED) is 0.757. The predicted molar refractivity (Wildman–Crippen MR) is 82.6 cm³/mol. The van der Waals surface area contributed by atoms with E-state index >= 15 is 0 Å². The number of halogens is 1. The number of nitrogens with one attached hydrogen (secondary N) is 1. The highest BCUT2D eigenvalue weighted by molar-refractivity contribution is 5.80. The van der Waals surface area contributed by atoms with Crippen LogP contribution in [-0.4, -0.2) is 29.6 Å². The van der Waals surface area contributed by atoms with Gasteiger partial charge in [-0.3, -0.25) is 4.79 Å². The van der Waals surface area contributed by atoms with Crippen LogP contribution in [0.2, 0.25) is 0 Å². The molecule has 1 aromatic carbocycles. The van der Waals surface area contributed by atoms with Crippen LogP contribution >= 0.6 is 0 Å². The summed E-state index contributed by atoms with van der Waals surface area (Å²) in [5, 5.41) is 11.7. The summed E-state index contributed by atoms with van der Waals surface area (Å²) >= 11 is 0. The van der Waals surface area contributed by atoms with Crippen LogP contribution in [0.1, 0.15) is 32.1 Å². The lowest BCUT2D eigenvalue weighted by atomic mass is 9.97. The van der Waals surface area contributed by atoms with Gasteiger partial charge in [-0.1, -0.05) is 11.6 Å². The molecule has 1 aliphatic carbocycles. The molecule has 1 aromatic rings. The first-order chi connectivity index (χ1) is 11.0. The maximum Gasteiger partial charge on any atom is 0.346 e. The number of benzene rings is 1. The molecular formula is C17H20FNO4. The molecule has 5 nitrogen and oxygen atoms in total. The second-order valence-electron chi connectivity index (χ2n) is 5.49. The largest absolute Gasteiger partial charge is 0.478 e. The Morgan fingerprint density at radius 1 is 1.26 bits per heavy atom. The van der Waals surface area contributed by atoms with Crippen molar-refractivity contribution < 1.29 is 23.8 Å². The number of rotatable bonds is 7. The van der Waals surface area contributed by atoms with Crippen molar-refractivity contribution in [3.8, 4) is 5.75 Å². The molecule has 0 aromatic heterocycles. The number of allylic oxidation sites excluding steroid dienone is 1. The number of carboxylic acid groups (broad SMARTS) is 1. The molecule has 0 bridgehead atoms. The SMILES string of the molecule is O=C(CC1=CCCCC1)NCC(Oc1ccc(F)cc1)C(=O)O. The molecule has 0 saturated carbocycles. The summed E-state index contributed by atoms with van der Waals surface area (Å²) in [7, 11) is 0. The van der Waals surface area contributed by atoms with Crippen LogP contribution in [0, 0.1) is 5.82 Å². The van der Waals surface area contributed by atoms with Crippen molar-refractivity contribution in [2.75, 3.05) is 6.54 Å². The zero-order chi connectivity index (χ0) is 16.7. The number of hydrogen-bond acceptors (Lipinski definition) is 3. The van der Waals surface area contributed by atoms with Gasteiger partial charge in [-0.25, -0.2) is 9.18 Å². The van der Waals surface area contributed by atoms with Gasteiger partial charge in [0.05, 0.1) is 6.54 Å². The molecule has 124 valence electrons. The van der Waals surface area contributed by atoms with Crippen molar-refractivity contribution in [3.05, 3.63) is 41.7 Å². The first kappa shape index (κ1) is 17.0. The van der Waals surface area contributed by atoms with E-state index in [1.54, 1.807) is 0 Å². The molecular weight excluding hydrogens is 301 g/mol. The Morgan fingerprint density at radius 3 is 2.61 bits per heavy atom. The molecule has 1 aliphatic rings. The number of carbonyl (C=O) groups is 2. The molecule has 0 radical (unpaired) electrons. The zero-order valence-electron chi connectivity index (χ0n) is 12.8. The maximum atomic E-state index is 12.8. The minimum atomic E-state index is -1.22. The average Bonchev–Trinajstić information content (AvgIpc) is 2.54. The molecule has 0 saturated heterocycles. The van der Waals surface area contributed by atoms with E-state index in [1.807, 2.05) is 0 Å². The van der Waals surface area contributed by atoms with Crippen molar-refractivity contribution in [1.29, 1.82) is 0 Å². The molecule has 2 rings (SSSR count). The van der Waals surface area contributed by atoms with Crippen LogP contribution < -0.4 is 10.1 Å². The van der Waals surface area contributed by atoms with E-state index in [-0.39, 0.29) is 18.2 Å². The normalized spacial score (nSPS) is 15.4. The summed E-state index contributed by atoms with van der Waals surface area (Å²) < 4.78 is 18.1. The molecule has 2 N–H and O–H groups in total. The fourth-order valence-electron chi connectivity index (χ4n) is 2.40. The fourth-order valence-corrected chi connectivity index (χ4v) is 2.40. The van der Waals surface area contributed by atoms with E-state index in [4.69, 9.17) is 9.84 Å². The van der Waals surface area contributed by atoms with Crippen LogP contribution in [-0.2, 0) is 9.59 Å². The lowest BCUT2D eigenvalue weighted by Gasteiger charge is -2.17. The Hall–Kier alpha value is -2.37. The third kappa shape index (κ3) is 5.73. The fraction of sp³-hybridized carbons (Fsp3) is 0.412. The summed E-state index contributed by atoms with van der Waals surface area (Å²) in [6.07, 6.45) is 5.30. The standard InChI is InChI=1S/C17H20FNO4/c18-13-6-8-14(9-7-13)23-15(17(21)22)11-19-16(20)10-12-4-2-1-3-5-12/h4,6-9,15H,1-3,5,10-11H2,(H,19,20)(H,21,22). The Bertz CT molecular complexity index is 583. The highest BCUT2D eigenvalue weighted by Gasteiger charge is 2.20. The average molecular weight is 321 g/mol. The molecule has 0 aliphatic heterocycles. The van der Waals surface area contributed by atoms with Gasteiger partial charge in [0, 0.05) is 6.42 Å². The Kier molecular flexibility index (Phi) is 6.14. The van der Waals surface area contributed by atoms with Crippen LogP contribution in [0.25, 0.3) is 0 Å². The summed E-state index contributed by atoms with van der Waals surface area (Å²) in [4.78, 5) is 23.1. The van der Waals surface area contributed by atoms with E-state index in [0.717, 1.165) is 31.3 Å². The smallest absolute Gasteiger partial charge is 0.346 e. The summed E-state index contributed by atoms with van der Waals surface area (Å²) in [6.45, 7) is -0.140. The monoisotopic (exact) mass is 321 g/mol. The second-order valence-corrected chi connectivity index (χ2v) is 5.49. The first-order valence-electron chi connectivity index (χ1n) is 7.64. The number of amides is 1. The van der Waals surface area contributed by atoms with Gasteiger partial charge in [0.2, 0.25) is 12.0 Å². The molecule has 1 amide bonds. The van der Waals surface area contributed by atoms with Crippen LogP contribution in [0.15, 0.2) is 35.9 Å². The van der Waals surface area contributed by atoms with Gasteiger partial charge in [0.15, 0.2) is 0 Å². The van der Waals surface area contributed by atoms with Crippen LogP contribution in [0.4, 0.5) is 4.39 Å². The molecule has 1 unspecified atom stereocenters. The van der Waals surface area contributed by atoms with Crippen LogP contribution in [0.5, 0.6) is 5.75 Å². The third-order valence-corrected chi connectivity index (χ3v) is 3.62. The van der Waals surface area contributed by atoms with E-state index in [0.29, 0.717) is 6.42 Å². The van der Waals surface area contributed by atoms with E-state index in [1.165, 1.54) is 24.3 Å². The number of carboxylic acids is 1. The summed E-state index contributed by atoms with van der Waals surface area (Å²) in [6, 6.07) is 5.06. The van der Waals surface area contributed by atoms with Crippen molar-refractivity contribution in [2.45, 2.75) is 38.2 Å². The Morgan fingerprint density at radius 2 is 2.00 bits per heavy atom. The lowest BCUT2D eigenvalue weighted by molar-refractivity contribution is -0.145. The van der Waals surface area contributed by atoms with Gasteiger partial charge in [-0.05, 0) is 49.9 Å². The van der Waals surface area contributed by atoms with E-state index in [9.17, 15) is 14.0 Å². The summed E-state index contributed by atoms with van der Waals surface area (Å²) in [5.74, 6) is -1.60. The van der Waals surface area contributed by atoms with Crippen molar-refractivity contribution in [3.63, 3.8) is 0 Å². The third-order valence-electron chi connectivity index (χ3n) is 3.62. The summed E-state index contributed by atoms with van der Waals surface area (Å²) in [5.41, 5.74) is 1.10. The molecule has 1 atom stereocenters. The van der Waals surface area contributed by atoms with Gasteiger partial charge in [0.25, 0.3) is 0 Å². The van der Waals surface area contributed by atoms with Crippen molar-refractivity contribution in [1.82, 2.24) is 5.32 Å². The van der Waals surface area contributed by atoms with Crippen LogP contribution in [0.3, 0.4) is 0 Å². The molecule has 0 fully saturated rings. The second kappa shape index (κ2) is 8.31. The van der Waals surface area contributed by atoms with Gasteiger partial charge >= 0.3 is 5.97 Å². The van der Waals surface area contributed by atoms with E-state index < -0.39 is 17.9 Å². The van der Waals surface area contributed by atoms with Crippen molar-refractivity contribution >= 4 is 11.9 Å². The van der Waals surface area contributed by atoms with E-state index in [2.05, 4.69) is 11.4 Å². The predicted octanol–water partition coefficient (Wildman–Crippen LogP) is 2.66. The number of hydrogen-bond donors (Lipinski definition) is 2. The van der Waals surface area contributed by atoms with Gasteiger partial charge in [-0.2, -0.15) is 0 Å². The number of carbonyl (C=O) groups excluding carboxylic acids is 1. The van der Waals surface area contributed by atoms with Gasteiger partial charge in [0.1, 0.15) is 11.6 Å². The molecule has 6 heteroatoms. The van der Waals surface area contributed by atoms with Crippen molar-refractivity contribution in [2.24, 2.45) is 0 Å². The zero-order valence-corrected chi connectivity index (χ0v) is 12.8. The van der Waals surface area contributed by atoms with Gasteiger partial charge in [-0.15, -0.1) is 0 Å². The molecule has 23 heavy (non-hydrogen) atoms. The Balaban J connectivity index is 1.84. The first-order valence-corrected chi connectivity index (χ1v) is 7.64. The minimum Gasteiger partial charge on any atom is -0.478 e. The maximum absolute atomic E-state index is 12.8. The molecule has 0 spiro atoms. The lowest BCUT2D eigenvalue weighted by Crippen LogP contribution is -2.40. The molecule has 0 heterocycles.